The summed E-state index contributed by atoms with van der Waals surface area (Å²) in [7, 11) is 1.85. The summed E-state index contributed by atoms with van der Waals surface area (Å²) in [6.45, 7) is 2.59. The second kappa shape index (κ2) is 9.73. The predicted octanol–water partition coefficient (Wildman–Crippen LogP) is 5.60. The lowest BCUT2D eigenvalue weighted by atomic mass is 9.78. The number of fused-ring (bicyclic) bond motifs is 2. The molecule has 0 bridgehead atoms. The normalized spacial score (nSPS) is 16.8. The number of nitrogens with one attached hydrogen (secondary N) is 1. The number of rotatable bonds is 8. The van der Waals surface area contributed by atoms with Crippen molar-refractivity contribution in [3.63, 3.8) is 0 Å². The fraction of sp³-hybridized carbons (Fsp3) is 0.308. The van der Waals surface area contributed by atoms with Crippen LogP contribution in [-0.2, 0) is 11.2 Å². The van der Waals surface area contributed by atoms with Crippen LogP contribution in [-0.4, -0.2) is 29.7 Å². The molecule has 6 heteroatoms. The van der Waals surface area contributed by atoms with E-state index in [-0.39, 0.29) is 18.3 Å². The number of benzene rings is 2. The molecule has 0 amide bonds. The molecule has 2 unspecified atom stereocenters. The molecular formula is C26H28N2O4. The van der Waals surface area contributed by atoms with Crippen LogP contribution in [0.4, 0.5) is 5.82 Å². The van der Waals surface area contributed by atoms with Crippen LogP contribution < -0.4 is 14.8 Å². The fourth-order valence-electron chi connectivity index (χ4n) is 4.41. The van der Waals surface area contributed by atoms with Gasteiger partial charge in [0.15, 0.2) is 0 Å². The van der Waals surface area contributed by atoms with E-state index in [1.165, 1.54) is 0 Å². The molecule has 2 N–H and O–H groups in total. The van der Waals surface area contributed by atoms with Crippen LogP contribution in [0.3, 0.4) is 0 Å². The summed E-state index contributed by atoms with van der Waals surface area (Å²) in [5, 5.41) is 12.6. The molecule has 4 rings (SSSR count). The van der Waals surface area contributed by atoms with E-state index in [0.29, 0.717) is 18.8 Å². The molecule has 0 fully saturated rings. The van der Waals surface area contributed by atoms with Crippen molar-refractivity contribution in [2.75, 3.05) is 19.0 Å². The summed E-state index contributed by atoms with van der Waals surface area (Å²) in [5.74, 6) is 2.09. The third-order valence-electron chi connectivity index (χ3n) is 5.93. The zero-order chi connectivity index (χ0) is 22.5. The Kier molecular flexibility index (Phi) is 6.59. The van der Waals surface area contributed by atoms with Gasteiger partial charge in [-0.2, -0.15) is 0 Å². The summed E-state index contributed by atoms with van der Waals surface area (Å²) in [6, 6.07) is 19.5. The number of hydrogen-bond acceptors (Lipinski definition) is 5. The predicted molar refractivity (Wildman–Crippen MR) is 124 cm³/mol. The average molecular weight is 433 g/mol. The van der Waals surface area contributed by atoms with Gasteiger partial charge in [0.1, 0.15) is 23.1 Å². The Labute approximate surface area is 188 Å². The minimum atomic E-state index is -0.803. The minimum absolute atomic E-state index is 0.0484. The van der Waals surface area contributed by atoms with Crippen LogP contribution in [0.2, 0.25) is 0 Å². The maximum Gasteiger partial charge on any atom is 0.303 e. The molecule has 2 atom stereocenters. The number of carboxylic acid groups (broad SMARTS) is 1. The first-order valence-corrected chi connectivity index (χ1v) is 11.0. The first-order chi connectivity index (χ1) is 15.6. The summed E-state index contributed by atoms with van der Waals surface area (Å²) in [4.78, 5) is 16.1. The molecule has 0 saturated heterocycles. The van der Waals surface area contributed by atoms with Gasteiger partial charge in [-0.05, 0) is 47.7 Å². The Hall–Kier alpha value is -3.54. The number of anilines is 1. The van der Waals surface area contributed by atoms with Crippen molar-refractivity contribution in [1.29, 1.82) is 0 Å². The molecule has 2 heterocycles. The van der Waals surface area contributed by atoms with E-state index in [0.717, 1.165) is 40.6 Å². The van der Waals surface area contributed by atoms with Gasteiger partial charge in [-0.25, -0.2) is 4.98 Å². The van der Waals surface area contributed by atoms with Crippen LogP contribution in [0.15, 0.2) is 60.7 Å². The maximum absolute atomic E-state index is 11.6. The number of para-hydroxylation sites is 1. The van der Waals surface area contributed by atoms with Crippen molar-refractivity contribution in [3.8, 4) is 17.2 Å². The van der Waals surface area contributed by atoms with E-state index >= 15 is 0 Å². The van der Waals surface area contributed by atoms with E-state index in [2.05, 4.69) is 17.2 Å². The Balaban J connectivity index is 1.57. The highest BCUT2D eigenvalue weighted by Gasteiger charge is 2.33. The third-order valence-corrected chi connectivity index (χ3v) is 5.93. The van der Waals surface area contributed by atoms with Crippen LogP contribution in [0.1, 0.15) is 48.4 Å². The molecule has 6 nitrogen and oxygen atoms in total. The molecule has 0 spiro atoms. The second-order valence-electron chi connectivity index (χ2n) is 7.92. The maximum atomic E-state index is 11.6. The molecule has 1 aliphatic rings. The lowest BCUT2D eigenvalue weighted by Gasteiger charge is -2.24. The highest BCUT2D eigenvalue weighted by Crippen LogP contribution is 2.49. The molecule has 1 aromatic heterocycles. The molecule has 3 aromatic rings. The largest absolute Gasteiger partial charge is 0.493 e. The summed E-state index contributed by atoms with van der Waals surface area (Å²) in [6.07, 6.45) is 1.57. The number of carboxylic acids is 1. The van der Waals surface area contributed by atoms with E-state index in [1.807, 2.05) is 67.7 Å². The molecule has 2 aromatic carbocycles. The van der Waals surface area contributed by atoms with Gasteiger partial charge in [0.25, 0.3) is 0 Å². The van der Waals surface area contributed by atoms with Crippen LogP contribution >= 0.6 is 0 Å². The number of hydrogen-bond donors (Lipinski definition) is 2. The molecule has 32 heavy (non-hydrogen) atoms. The average Bonchev–Trinajstić information content (AvgIpc) is 2.92. The lowest BCUT2D eigenvalue weighted by molar-refractivity contribution is -0.137. The summed E-state index contributed by atoms with van der Waals surface area (Å²) < 4.78 is 12.3. The molecular weight excluding hydrogens is 404 g/mol. The summed E-state index contributed by atoms with van der Waals surface area (Å²) >= 11 is 0. The topological polar surface area (TPSA) is 80.7 Å². The molecule has 0 radical (unpaired) electrons. The van der Waals surface area contributed by atoms with Crippen molar-refractivity contribution >= 4 is 11.8 Å². The zero-order valence-electron chi connectivity index (χ0n) is 18.4. The first kappa shape index (κ1) is 21.7. The van der Waals surface area contributed by atoms with E-state index in [4.69, 9.17) is 9.47 Å². The molecule has 0 aliphatic carbocycles. The summed E-state index contributed by atoms with van der Waals surface area (Å²) in [5.41, 5.74) is 2.92. The van der Waals surface area contributed by atoms with Crippen LogP contribution in [0, 0.1) is 0 Å². The van der Waals surface area contributed by atoms with Gasteiger partial charge in [-0.15, -0.1) is 0 Å². The number of pyridine rings is 1. The number of carbonyl (C=O) groups is 1. The molecule has 1 aliphatic heterocycles. The first-order valence-electron chi connectivity index (χ1n) is 11.0. The molecule has 0 saturated carbocycles. The van der Waals surface area contributed by atoms with Gasteiger partial charge in [-0.1, -0.05) is 37.3 Å². The van der Waals surface area contributed by atoms with Gasteiger partial charge in [0.2, 0.25) is 0 Å². The highest BCUT2D eigenvalue weighted by molar-refractivity contribution is 5.69. The number of ether oxygens (including phenoxy) is 2. The monoisotopic (exact) mass is 432 g/mol. The lowest BCUT2D eigenvalue weighted by Crippen LogP contribution is -2.14. The third kappa shape index (κ3) is 4.69. The number of aromatic nitrogens is 1. The van der Waals surface area contributed by atoms with Crippen molar-refractivity contribution in [2.24, 2.45) is 0 Å². The smallest absolute Gasteiger partial charge is 0.303 e. The Bertz CT molecular complexity index is 1100. The van der Waals surface area contributed by atoms with Gasteiger partial charge >= 0.3 is 5.97 Å². The SMILES string of the molecule is CCC1c2ccc(OCCc3cccc(NC)n3)cc2Oc2ccccc2C1CC(=O)O. The van der Waals surface area contributed by atoms with Crippen LogP contribution in [0.5, 0.6) is 17.2 Å². The van der Waals surface area contributed by atoms with Gasteiger partial charge in [0, 0.05) is 31.1 Å². The van der Waals surface area contributed by atoms with Gasteiger partial charge < -0.3 is 19.9 Å². The van der Waals surface area contributed by atoms with Crippen molar-refractivity contribution in [1.82, 2.24) is 4.98 Å². The minimum Gasteiger partial charge on any atom is -0.493 e. The highest BCUT2D eigenvalue weighted by atomic mass is 16.5. The Morgan fingerprint density at radius 3 is 2.66 bits per heavy atom. The van der Waals surface area contributed by atoms with Gasteiger partial charge in [-0.3, -0.25) is 4.79 Å². The standard InChI is InChI=1S/C26H28N2O4/c1-3-19-21-12-11-18(31-14-13-17-7-6-10-25(27-2)28-17)15-24(21)32-23-9-5-4-8-20(23)22(19)16-26(29)30/h4-12,15,19,22H,3,13-14,16H2,1-2H3,(H,27,28)(H,29,30). The van der Waals surface area contributed by atoms with E-state index in [9.17, 15) is 9.90 Å². The Morgan fingerprint density at radius 1 is 1.06 bits per heavy atom. The molecule has 166 valence electrons. The Morgan fingerprint density at radius 2 is 1.88 bits per heavy atom. The fourth-order valence-corrected chi connectivity index (χ4v) is 4.41. The quantitative estimate of drug-likeness (QED) is 0.482. The second-order valence-corrected chi connectivity index (χ2v) is 7.92. The van der Waals surface area contributed by atoms with Crippen LogP contribution in [0.25, 0.3) is 0 Å². The number of aliphatic carboxylic acids is 1. The van der Waals surface area contributed by atoms with E-state index < -0.39 is 5.97 Å². The zero-order valence-corrected chi connectivity index (χ0v) is 18.4. The number of nitrogens with zero attached hydrogens (tertiary/aromatic N) is 1. The van der Waals surface area contributed by atoms with Crippen molar-refractivity contribution < 1.29 is 19.4 Å². The van der Waals surface area contributed by atoms with Gasteiger partial charge in [0.05, 0.1) is 13.0 Å². The van der Waals surface area contributed by atoms with Crippen molar-refractivity contribution in [3.05, 3.63) is 77.5 Å². The van der Waals surface area contributed by atoms with Crippen molar-refractivity contribution in [2.45, 2.75) is 38.0 Å². The van der Waals surface area contributed by atoms with E-state index in [1.54, 1.807) is 0 Å².